The third-order valence-electron chi connectivity index (χ3n) is 5.53. The molecule has 1 unspecified atom stereocenters. The number of anilines is 1. The number of ether oxygens (including phenoxy) is 1. The van der Waals surface area contributed by atoms with Crippen molar-refractivity contribution in [2.45, 2.75) is 30.6 Å². The molecule has 4 rings (SSSR count). The molecule has 4 heterocycles. The molecule has 1 amide bonds. The zero-order chi connectivity index (χ0) is 22.4. The first-order chi connectivity index (χ1) is 14.7. The van der Waals surface area contributed by atoms with Gasteiger partial charge in [-0.25, -0.2) is 17.7 Å². The molecular weight excluding hydrogens is 462 g/mol. The van der Waals surface area contributed by atoms with Crippen LogP contribution >= 0.6 is 22.9 Å². The van der Waals surface area contributed by atoms with E-state index in [2.05, 4.69) is 15.6 Å². The molecule has 31 heavy (non-hydrogen) atoms. The number of rotatable bonds is 4. The van der Waals surface area contributed by atoms with Gasteiger partial charge in [-0.05, 0) is 31.0 Å². The summed E-state index contributed by atoms with van der Waals surface area (Å²) >= 11 is 7.60. The first kappa shape index (κ1) is 22.0. The van der Waals surface area contributed by atoms with Crippen LogP contribution in [-0.4, -0.2) is 55.1 Å². The molecule has 0 bridgehead atoms. The van der Waals surface area contributed by atoms with E-state index in [1.54, 1.807) is 6.07 Å². The molecule has 2 aromatic heterocycles. The van der Waals surface area contributed by atoms with Gasteiger partial charge in [0.1, 0.15) is 16.6 Å². The van der Waals surface area contributed by atoms with Gasteiger partial charge < -0.3 is 15.4 Å². The first-order valence-corrected chi connectivity index (χ1v) is 12.4. The number of aryl methyl sites for hydroxylation is 1. The van der Waals surface area contributed by atoms with Gasteiger partial charge in [0, 0.05) is 19.3 Å². The fraction of sp³-hybridized carbons (Fsp3) is 0.421. The van der Waals surface area contributed by atoms with Crippen LogP contribution in [0, 0.1) is 5.41 Å². The van der Waals surface area contributed by atoms with Gasteiger partial charge in [0.05, 0.1) is 21.4 Å². The molecule has 2 fully saturated rings. The monoisotopic (exact) mass is 483 g/mol. The number of aromatic nitrogens is 1. The summed E-state index contributed by atoms with van der Waals surface area (Å²) in [6, 6.07) is 6.90. The third kappa shape index (κ3) is 3.69. The summed E-state index contributed by atoms with van der Waals surface area (Å²) in [5.74, 6) is -0.235. The number of hydrogen-bond acceptors (Lipinski definition) is 7. The van der Waals surface area contributed by atoms with E-state index < -0.39 is 26.7 Å². The second kappa shape index (κ2) is 8.05. The Morgan fingerprint density at radius 1 is 1.52 bits per heavy atom. The zero-order valence-electron chi connectivity index (χ0n) is 16.9. The highest BCUT2D eigenvalue weighted by Gasteiger charge is 2.57. The van der Waals surface area contributed by atoms with Crippen LogP contribution in [0.4, 0.5) is 5.82 Å². The van der Waals surface area contributed by atoms with Gasteiger partial charge >= 0.3 is 0 Å². The van der Waals surface area contributed by atoms with E-state index in [0.717, 1.165) is 27.8 Å². The summed E-state index contributed by atoms with van der Waals surface area (Å²) in [5.41, 5.74) is -0.385. The van der Waals surface area contributed by atoms with E-state index in [-0.39, 0.29) is 30.6 Å². The molecule has 0 saturated carbocycles. The molecule has 2 aromatic rings. The minimum absolute atomic E-state index is 0.0223. The summed E-state index contributed by atoms with van der Waals surface area (Å²) in [6.45, 7) is 2.28. The Hall–Kier alpha value is -2.21. The van der Waals surface area contributed by atoms with Gasteiger partial charge in [-0.3, -0.25) is 10.2 Å². The fourth-order valence-electron chi connectivity index (χ4n) is 3.87. The van der Waals surface area contributed by atoms with Gasteiger partial charge in [-0.15, -0.1) is 11.3 Å². The van der Waals surface area contributed by atoms with E-state index in [1.165, 1.54) is 13.1 Å². The lowest BCUT2D eigenvalue weighted by molar-refractivity contribution is 0.0268. The number of carbonyl (C=O) groups is 1. The van der Waals surface area contributed by atoms with Gasteiger partial charge in [-0.1, -0.05) is 24.6 Å². The molecule has 12 heteroatoms. The molecule has 0 spiro atoms. The van der Waals surface area contributed by atoms with Crippen LogP contribution in [0.25, 0.3) is 0 Å². The highest BCUT2D eigenvalue weighted by Crippen LogP contribution is 2.45. The summed E-state index contributed by atoms with van der Waals surface area (Å²) < 4.78 is 32.7. The number of guanidine groups is 1. The average molecular weight is 484 g/mol. The lowest BCUT2D eigenvalue weighted by Gasteiger charge is -2.49. The SMILES string of the molecule is CCc1cccc(NC(=O)c2cc(Cl)c([C@]34COCCC3S(=O)(=O)N(C)C(=N)N4)s2)n1. The minimum Gasteiger partial charge on any atom is -0.379 e. The Labute approximate surface area is 189 Å². The Bertz CT molecular complexity index is 1150. The molecule has 2 aliphatic rings. The number of amides is 1. The number of pyridine rings is 1. The largest absolute Gasteiger partial charge is 0.379 e. The second-order valence-electron chi connectivity index (χ2n) is 7.40. The third-order valence-corrected chi connectivity index (χ3v) is 9.55. The van der Waals surface area contributed by atoms with Gasteiger partial charge in [-0.2, -0.15) is 0 Å². The van der Waals surface area contributed by atoms with Gasteiger partial charge in [0.15, 0.2) is 0 Å². The topological polar surface area (TPSA) is 124 Å². The smallest absolute Gasteiger partial charge is 0.266 e. The number of carbonyl (C=O) groups excluding carboxylic acids is 1. The molecule has 0 aromatic carbocycles. The van der Waals surface area contributed by atoms with Crippen molar-refractivity contribution in [2.75, 3.05) is 25.6 Å². The lowest BCUT2D eigenvalue weighted by Crippen LogP contribution is -2.70. The van der Waals surface area contributed by atoms with Crippen LogP contribution in [0.5, 0.6) is 0 Å². The van der Waals surface area contributed by atoms with Crippen molar-refractivity contribution in [1.29, 1.82) is 5.41 Å². The van der Waals surface area contributed by atoms with Crippen molar-refractivity contribution in [1.82, 2.24) is 14.6 Å². The van der Waals surface area contributed by atoms with Crippen molar-refractivity contribution < 1.29 is 17.9 Å². The standard InChI is InChI=1S/C19H22ClN5O4S2/c1-3-11-5-4-6-15(22-11)23-17(26)13-9-12(20)16(30-13)19-10-29-8-7-14(19)31(27,28)25(2)18(21)24-19/h4-6,9,14H,3,7-8,10H2,1-2H3,(H2,21,24)(H,22,23,26)/t14?,19-/m0/s1. The second-order valence-corrected chi connectivity index (χ2v) is 11.0. The average Bonchev–Trinajstić information content (AvgIpc) is 3.15. The van der Waals surface area contributed by atoms with Gasteiger partial charge in [0.25, 0.3) is 5.91 Å². The van der Waals surface area contributed by atoms with E-state index >= 15 is 0 Å². The van der Waals surface area contributed by atoms with E-state index in [4.69, 9.17) is 21.7 Å². The van der Waals surface area contributed by atoms with Crippen molar-refractivity contribution in [3.63, 3.8) is 0 Å². The van der Waals surface area contributed by atoms with Crippen molar-refractivity contribution in [2.24, 2.45) is 0 Å². The number of hydrogen-bond donors (Lipinski definition) is 3. The van der Waals surface area contributed by atoms with Crippen molar-refractivity contribution in [3.05, 3.63) is 44.7 Å². The van der Waals surface area contributed by atoms with Crippen LogP contribution in [0.3, 0.4) is 0 Å². The normalized spacial score (nSPS) is 24.9. The van der Waals surface area contributed by atoms with Crippen LogP contribution in [0.2, 0.25) is 5.02 Å². The molecule has 0 aliphatic carbocycles. The lowest BCUT2D eigenvalue weighted by atomic mass is 9.89. The Morgan fingerprint density at radius 2 is 2.29 bits per heavy atom. The fourth-order valence-corrected chi connectivity index (χ4v) is 7.36. The quantitative estimate of drug-likeness (QED) is 0.613. The van der Waals surface area contributed by atoms with Crippen LogP contribution in [-0.2, 0) is 26.7 Å². The molecule has 2 saturated heterocycles. The minimum atomic E-state index is -3.80. The maximum Gasteiger partial charge on any atom is 0.266 e. The van der Waals surface area contributed by atoms with Crippen LogP contribution in [0.15, 0.2) is 24.3 Å². The van der Waals surface area contributed by atoms with Crippen molar-refractivity contribution in [3.8, 4) is 0 Å². The molecule has 2 aliphatic heterocycles. The predicted octanol–water partition coefficient (Wildman–Crippen LogP) is 2.39. The zero-order valence-corrected chi connectivity index (χ0v) is 19.3. The summed E-state index contributed by atoms with van der Waals surface area (Å²) in [4.78, 5) is 18.0. The molecule has 166 valence electrons. The number of halogens is 1. The molecule has 9 nitrogen and oxygen atoms in total. The highest BCUT2D eigenvalue weighted by atomic mass is 35.5. The molecule has 2 atom stereocenters. The number of nitrogens with one attached hydrogen (secondary N) is 3. The predicted molar refractivity (Wildman–Crippen MR) is 119 cm³/mol. The number of sulfonamides is 1. The number of thiophene rings is 1. The molecule has 3 N–H and O–H groups in total. The summed E-state index contributed by atoms with van der Waals surface area (Å²) in [6.07, 6.45) is 0.986. The Balaban J connectivity index is 1.70. The molecule has 0 radical (unpaired) electrons. The number of nitrogens with zero attached hydrogens (tertiary/aromatic N) is 2. The summed E-state index contributed by atoms with van der Waals surface area (Å²) in [5, 5.41) is 13.3. The first-order valence-electron chi connectivity index (χ1n) is 9.68. The Morgan fingerprint density at radius 3 is 3.03 bits per heavy atom. The van der Waals surface area contributed by atoms with E-state index in [9.17, 15) is 13.2 Å². The maximum atomic E-state index is 13.1. The Kier molecular flexibility index (Phi) is 5.71. The summed E-state index contributed by atoms with van der Waals surface area (Å²) in [7, 11) is -2.45. The number of fused-ring (bicyclic) bond motifs is 1. The highest BCUT2D eigenvalue weighted by molar-refractivity contribution is 7.90. The van der Waals surface area contributed by atoms with Gasteiger partial charge in [0.2, 0.25) is 16.0 Å². The van der Waals surface area contributed by atoms with Crippen LogP contribution in [0.1, 0.15) is 33.6 Å². The van der Waals surface area contributed by atoms with E-state index in [1.807, 2.05) is 19.1 Å². The molecular formula is C19H22ClN5O4S2. The van der Waals surface area contributed by atoms with Crippen molar-refractivity contribution >= 4 is 50.6 Å². The van der Waals surface area contributed by atoms with E-state index in [0.29, 0.717) is 15.6 Å². The van der Waals surface area contributed by atoms with Crippen LogP contribution < -0.4 is 10.6 Å². The maximum absolute atomic E-state index is 13.1.